The fraction of sp³-hybridized carbons (Fsp3) is 0.172. The highest BCUT2D eigenvalue weighted by Gasteiger charge is 2.46. The van der Waals surface area contributed by atoms with Crippen molar-refractivity contribution in [1.29, 1.82) is 0 Å². The predicted octanol–water partition coefficient (Wildman–Crippen LogP) is 4.85. The van der Waals surface area contributed by atoms with Crippen LogP contribution in [0.2, 0.25) is 0 Å². The first kappa shape index (κ1) is 23.2. The van der Waals surface area contributed by atoms with Crippen molar-refractivity contribution in [3.05, 3.63) is 101 Å². The minimum atomic E-state index is -0.782. The summed E-state index contributed by atoms with van der Waals surface area (Å²) in [5.41, 5.74) is 3.22. The molecule has 1 aromatic heterocycles. The van der Waals surface area contributed by atoms with E-state index in [2.05, 4.69) is 4.98 Å². The Morgan fingerprint density at radius 2 is 1.67 bits per heavy atom. The van der Waals surface area contributed by atoms with Crippen LogP contribution in [0.5, 0.6) is 11.5 Å². The molecule has 182 valence electrons. The predicted molar refractivity (Wildman–Crippen MR) is 137 cm³/mol. The van der Waals surface area contributed by atoms with Crippen molar-refractivity contribution in [2.45, 2.75) is 12.5 Å². The zero-order valence-electron chi connectivity index (χ0n) is 20.0. The molecular weight excluding hydrogens is 456 g/mol. The van der Waals surface area contributed by atoms with Gasteiger partial charge >= 0.3 is 0 Å². The quantitative estimate of drug-likeness (QED) is 0.223. The molecule has 1 amide bonds. The molecule has 0 radical (unpaired) electrons. The molecule has 1 saturated heterocycles. The number of aliphatic hydroxyl groups is 1. The highest BCUT2D eigenvalue weighted by Crippen LogP contribution is 2.42. The van der Waals surface area contributed by atoms with Gasteiger partial charge in [-0.25, -0.2) is 0 Å². The van der Waals surface area contributed by atoms with Gasteiger partial charge in [-0.3, -0.25) is 9.59 Å². The zero-order chi connectivity index (χ0) is 25.2. The molecular formula is C29H26N2O5. The zero-order valence-corrected chi connectivity index (χ0v) is 20.0. The largest absolute Gasteiger partial charge is 0.507 e. The Bertz CT molecular complexity index is 1470. The molecule has 0 aliphatic carbocycles. The number of para-hydroxylation sites is 1. The van der Waals surface area contributed by atoms with Crippen molar-refractivity contribution in [3.63, 3.8) is 0 Å². The number of aromatic nitrogens is 1. The topological polar surface area (TPSA) is 91.9 Å². The number of nitrogens with one attached hydrogen (secondary N) is 1. The Morgan fingerprint density at radius 1 is 0.944 bits per heavy atom. The summed E-state index contributed by atoms with van der Waals surface area (Å²) in [6.45, 7) is 0.289. The lowest BCUT2D eigenvalue weighted by atomic mass is 9.95. The third-order valence-corrected chi connectivity index (χ3v) is 6.61. The fourth-order valence-corrected chi connectivity index (χ4v) is 4.81. The van der Waals surface area contributed by atoms with E-state index in [4.69, 9.17) is 9.47 Å². The van der Waals surface area contributed by atoms with Crippen LogP contribution < -0.4 is 9.47 Å². The van der Waals surface area contributed by atoms with Crippen molar-refractivity contribution < 1.29 is 24.2 Å². The van der Waals surface area contributed by atoms with Gasteiger partial charge in [-0.15, -0.1) is 0 Å². The van der Waals surface area contributed by atoms with Gasteiger partial charge in [0.05, 0.1) is 25.8 Å². The minimum Gasteiger partial charge on any atom is -0.507 e. The number of hydrogen-bond donors (Lipinski definition) is 2. The smallest absolute Gasteiger partial charge is 0.295 e. The van der Waals surface area contributed by atoms with Crippen LogP contribution in [0.3, 0.4) is 0 Å². The van der Waals surface area contributed by atoms with Crippen LogP contribution >= 0.6 is 0 Å². The van der Waals surface area contributed by atoms with Crippen molar-refractivity contribution in [2.75, 3.05) is 20.8 Å². The molecule has 1 fully saturated rings. The number of ketones is 1. The fourth-order valence-electron chi connectivity index (χ4n) is 4.81. The van der Waals surface area contributed by atoms with Crippen LogP contribution in [-0.4, -0.2) is 47.4 Å². The van der Waals surface area contributed by atoms with Gasteiger partial charge in [0.15, 0.2) is 11.5 Å². The molecule has 2 heterocycles. The molecule has 2 N–H and O–H groups in total. The third-order valence-electron chi connectivity index (χ3n) is 6.61. The Labute approximate surface area is 208 Å². The first-order chi connectivity index (χ1) is 17.5. The van der Waals surface area contributed by atoms with E-state index in [0.717, 1.165) is 16.5 Å². The number of rotatable bonds is 7. The van der Waals surface area contributed by atoms with Gasteiger partial charge in [-0.05, 0) is 35.7 Å². The number of carbonyl (C=O) groups is 2. The molecule has 1 atom stereocenters. The van der Waals surface area contributed by atoms with Gasteiger partial charge in [-0.2, -0.15) is 0 Å². The molecule has 5 rings (SSSR count). The number of nitrogens with zero attached hydrogens (tertiary/aromatic N) is 1. The van der Waals surface area contributed by atoms with E-state index in [-0.39, 0.29) is 17.9 Å². The number of fused-ring (bicyclic) bond motifs is 1. The van der Waals surface area contributed by atoms with E-state index in [1.54, 1.807) is 49.6 Å². The normalized spacial score (nSPS) is 17.1. The number of aliphatic hydroxyl groups excluding tert-OH is 1. The van der Waals surface area contributed by atoms with E-state index in [1.165, 1.54) is 12.0 Å². The van der Waals surface area contributed by atoms with Crippen molar-refractivity contribution >= 4 is 28.4 Å². The summed E-state index contributed by atoms with van der Waals surface area (Å²) in [5, 5.41) is 12.3. The average Bonchev–Trinajstić information content (AvgIpc) is 3.45. The van der Waals surface area contributed by atoms with Crippen molar-refractivity contribution in [2.24, 2.45) is 0 Å². The summed E-state index contributed by atoms with van der Waals surface area (Å²) in [7, 11) is 3.07. The maximum atomic E-state index is 13.3. The van der Waals surface area contributed by atoms with Crippen LogP contribution in [0, 0.1) is 0 Å². The molecule has 36 heavy (non-hydrogen) atoms. The number of carbonyl (C=O) groups excluding carboxylic acids is 2. The standard InChI is InChI=1S/C29H26N2O5/c1-35-23-13-12-19(16-24(23)36-2)26-25(27(32)18-8-4-3-5-9-18)28(33)29(34)31(26)15-14-20-17-30-22-11-7-6-10-21(20)22/h3-13,16-17,26,30,32H,14-15H2,1-2H3/t26-/m1/s1. The molecule has 1 aliphatic rings. The first-order valence-electron chi connectivity index (χ1n) is 11.6. The number of amides is 1. The lowest BCUT2D eigenvalue weighted by Crippen LogP contribution is -2.31. The summed E-state index contributed by atoms with van der Waals surface area (Å²) in [6.07, 6.45) is 2.46. The Kier molecular flexibility index (Phi) is 6.21. The monoisotopic (exact) mass is 482 g/mol. The summed E-state index contributed by atoms with van der Waals surface area (Å²) < 4.78 is 10.8. The van der Waals surface area contributed by atoms with Crippen LogP contribution in [0.15, 0.2) is 84.6 Å². The number of hydrogen-bond acceptors (Lipinski definition) is 5. The number of ether oxygens (including phenoxy) is 2. The highest BCUT2D eigenvalue weighted by molar-refractivity contribution is 6.46. The van der Waals surface area contributed by atoms with E-state index in [9.17, 15) is 14.7 Å². The summed E-state index contributed by atoms with van der Waals surface area (Å²) in [6, 6.07) is 21.2. The van der Waals surface area contributed by atoms with Gasteiger partial charge in [0.1, 0.15) is 5.76 Å². The average molecular weight is 483 g/mol. The Balaban J connectivity index is 1.59. The molecule has 1 aliphatic heterocycles. The van der Waals surface area contributed by atoms with Gasteiger partial charge in [0.2, 0.25) is 0 Å². The summed E-state index contributed by atoms with van der Waals surface area (Å²) >= 11 is 0. The number of Topliss-reactive ketones (excluding diaryl/α,β-unsaturated/α-hetero) is 1. The minimum absolute atomic E-state index is 0.0531. The van der Waals surface area contributed by atoms with Crippen LogP contribution in [0.4, 0.5) is 0 Å². The molecule has 0 saturated carbocycles. The number of aromatic amines is 1. The van der Waals surface area contributed by atoms with Crippen LogP contribution in [0.1, 0.15) is 22.7 Å². The SMILES string of the molecule is COc1ccc([C@@H]2C(=C(O)c3ccccc3)C(=O)C(=O)N2CCc2c[nH]c3ccccc23)cc1OC. The molecule has 0 unspecified atom stereocenters. The second kappa shape index (κ2) is 9.62. The Hall–Kier alpha value is -4.52. The van der Waals surface area contributed by atoms with Gasteiger partial charge in [-0.1, -0.05) is 54.6 Å². The van der Waals surface area contributed by atoms with Crippen molar-refractivity contribution in [1.82, 2.24) is 9.88 Å². The van der Waals surface area contributed by atoms with Gasteiger partial charge < -0.3 is 24.5 Å². The van der Waals surface area contributed by atoms with E-state index < -0.39 is 17.7 Å². The summed E-state index contributed by atoms with van der Waals surface area (Å²) in [5.74, 6) is -0.567. The second-order valence-corrected chi connectivity index (χ2v) is 8.58. The van der Waals surface area contributed by atoms with E-state index in [1.807, 2.05) is 36.5 Å². The molecule has 3 aromatic carbocycles. The molecule has 4 aromatic rings. The third kappa shape index (κ3) is 3.98. The van der Waals surface area contributed by atoms with E-state index >= 15 is 0 Å². The maximum absolute atomic E-state index is 13.3. The van der Waals surface area contributed by atoms with Crippen molar-refractivity contribution in [3.8, 4) is 11.5 Å². The maximum Gasteiger partial charge on any atom is 0.295 e. The first-order valence-corrected chi connectivity index (χ1v) is 11.6. The highest BCUT2D eigenvalue weighted by atomic mass is 16.5. The molecule has 7 heteroatoms. The lowest BCUT2D eigenvalue weighted by molar-refractivity contribution is -0.139. The van der Waals surface area contributed by atoms with Crippen LogP contribution in [0.25, 0.3) is 16.7 Å². The molecule has 7 nitrogen and oxygen atoms in total. The number of likely N-dealkylation sites (tertiary alicyclic amines) is 1. The lowest BCUT2D eigenvalue weighted by Gasteiger charge is -2.26. The van der Waals surface area contributed by atoms with E-state index in [0.29, 0.717) is 29.0 Å². The molecule has 0 bridgehead atoms. The number of H-pyrrole nitrogens is 1. The summed E-state index contributed by atoms with van der Waals surface area (Å²) in [4.78, 5) is 31.4. The van der Waals surface area contributed by atoms with Gasteiger partial charge in [0.25, 0.3) is 11.7 Å². The molecule has 0 spiro atoms. The van der Waals surface area contributed by atoms with Gasteiger partial charge in [0, 0.05) is 29.2 Å². The Morgan fingerprint density at radius 3 is 2.42 bits per heavy atom. The second-order valence-electron chi connectivity index (χ2n) is 8.58. The number of benzene rings is 3. The van der Waals surface area contributed by atoms with Crippen LogP contribution in [-0.2, 0) is 16.0 Å². The number of methoxy groups -OCH3 is 2.